The monoisotopic (exact) mass is 645 g/mol. The first-order valence-corrected chi connectivity index (χ1v) is 16.8. The Labute approximate surface area is 275 Å². The van der Waals surface area contributed by atoms with Gasteiger partial charge in [-0.15, -0.1) is 0 Å². The molecule has 1 aliphatic heterocycles. The Morgan fingerprint density at radius 3 is 2.43 bits per heavy atom. The van der Waals surface area contributed by atoms with E-state index in [4.69, 9.17) is 10.7 Å². The molecule has 3 aromatic rings. The molecule has 1 aromatic carbocycles. The number of nitrogens with one attached hydrogen (secondary N) is 1. The number of imidazole rings is 1. The van der Waals surface area contributed by atoms with Crippen molar-refractivity contribution in [3.05, 3.63) is 42.2 Å². The Hall–Kier alpha value is -4.32. The van der Waals surface area contributed by atoms with Gasteiger partial charge in [0.15, 0.2) is 5.82 Å². The van der Waals surface area contributed by atoms with Crippen LogP contribution in [0.1, 0.15) is 78.0 Å². The number of nitrogens with zero attached hydrogens (tertiary/aromatic N) is 5. The number of aromatic nitrogens is 3. The molecule has 0 radical (unpaired) electrons. The fourth-order valence-corrected chi connectivity index (χ4v) is 6.70. The van der Waals surface area contributed by atoms with Crippen molar-refractivity contribution >= 4 is 51.4 Å². The van der Waals surface area contributed by atoms with Gasteiger partial charge in [-0.05, 0) is 71.3 Å². The zero-order valence-corrected chi connectivity index (χ0v) is 27.7. The van der Waals surface area contributed by atoms with Gasteiger partial charge in [-0.25, -0.2) is 9.97 Å². The van der Waals surface area contributed by atoms with Crippen LogP contribution in [0, 0.1) is 11.8 Å². The molecule has 252 valence electrons. The second-order valence-corrected chi connectivity index (χ2v) is 13.5. The largest absolute Gasteiger partial charge is 0.389 e. The van der Waals surface area contributed by atoms with Crippen molar-refractivity contribution in [2.24, 2.45) is 11.8 Å². The molecule has 5 rings (SSSR count). The molecule has 4 N–H and O–H groups in total. The van der Waals surface area contributed by atoms with Crippen LogP contribution in [0.5, 0.6) is 0 Å². The first-order chi connectivity index (χ1) is 22.4. The van der Waals surface area contributed by atoms with E-state index < -0.39 is 5.60 Å². The van der Waals surface area contributed by atoms with E-state index in [9.17, 15) is 24.3 Å². The van der Waals surface area contributed by atoms with Crippen LogP contribution >= 0.6 is 0 Å². The van der Waals surface area contributed by atoms with Gasteiger partial charge in [0.25, 0.3) is 11.8 Å². The summed E-state index contributed by atoms with van der Waals surface area (Å²) in [5, 5.41) is 14.7. The number of unbranched alkanes of at least 4 members (excludes halogenated alkanes) is 2. The van der Waals surface area contributed by atoms with Gasteiger partial charge in [-0.3, -0.25) is 24.1 Å². The zero-order valence-electron chi connectivity index (χ0n) is 27.7. The van der Waals surface area contributed by atoms with Crippen LogP contribution in [0.2, 0.25) is 0 Å². The quantitative estimate of drug-likeness (QED) is 0.177. The number of imide groups is 1. The molecule has 3 heterocycles. The van der Waals surface area contributed by atoms with Crippen molar-refractivity contribution in [1.82, 2.24) is 29.7 Å². The number of fused-ring (bicyclic) bond motifs is 3. The fourth-order valence-electron chi connectivity index (χ4n) is 6.70. The van der Waals surface area contributed by atoms with Gasteiger partial charge in [0.2, 0.25) is 11.8 Å². The number of carbonyl (C=O) groups is 4. The number of anilines is 1. The lowest BCUT2D eigenvalue weighted by Crippen LogP contribution is -2.38. The van der Waals surface area contributed by atoms with Crippen LogP contribution in [-0.2, 0) is 32.3 Å². The Bertz CT molecular complexity index is 1650. The number of amides is 4. The smallest absolute Gasteiger partial charge is 0.253 e. The third-order valence-corrected chi connectivity index (χ3v) is 9.23. The first-order valence-electron chi connectivity index (χ1n) is 16.8. The predicted octanol–water partition coefficient (Wildman–Crippen LogP) is 3.69. The van der Waals surface area contributed by atoms with Crippen molar-refractivity contribution in [3.63, 3.8) is 0 Å². The molecule has 2 aromatic heterocycles. The highest BCUT2D eigenvalue weighted by molar-refractivity contribution is 6.12. The fraction of sp³-hybridized carbons (Fsp3) is 0.543. The molecule has 0 atom stereocenters. The molecular weight excluding hydrogens is 598 g/mol. The molecule has 4 amide bonds. The van der Waals surface area contributed by atoms with Crippen LogP contribution in [-0.4, -0.2) is 78.3 Å². The maximum atomic E-state index is 13.3. The summed E-state index contributed by atoms with van der Waals surface area (Å²) in [4.78, 5) is 62.1. The number of nitrogen functional groups attached to an aromatic ring is 1. The van der Waals surface area contributed by atoms with Gasteiger partial charge >= 0.3 is 0 Å². The third-order valence-electron chi connectivity index (χ3n) is 9.23. The lowest BCUT2D eigenvalue weighted by Gasteiger charge is -2.30. The normalized spacial score (nSPS) is 18.4. The van der Waals surface area contributed by atoms with Crippen LogP contribution in [0.3, 0.4) is 0 Å². The predicted molar refractivity (Wildman–Crippen MR) is 180 cm³/mol. The van der Waals surface area contributed by atoms with Crippen molar-refractivity contribution in [2.75, 3.05) is 25.4 Å². The van der Waals surface area contributed by atoms with Gasteiger partial charge < -0.3 is 25.6 Å². The van der Waals surface area contributed by atoms with Gasteiger partial charge in [-0.2, -0.15) is 0 Å². The van der Waals surface area contributed by atoms with Gasteiger partial charge in [0, 0.05) is 49.5 Å². The van der Waals surface area contributed by atoms with E-state index in [1.165, 1.54) is 17.1 Å². The lowest BCUT2D eigenvalue weighted by molar-refractivity contribution is -0.138. The van der Waals surface area contributed by atoms with Gasteiger partial charge in [0.1, 0.15) is 11.3 Å². The summed E-state index contributed by atoms with van der Waals surface area (Å²) in [6.45, 7) is 7.50. The number of para-hydroxylation sites is 1. The van der Waals surface area contributed by atoms with E-state index in [0.717, 1.165) is 54.9 Å². The van der Waals surface area contributed by atoms with E-state index >= 15 is 0 Å². The number of hydrogen-bond acceptors (Lipinski definition) is 8. The molecule has 1 fully saturated rings. The second kappa shape index (κ2) is 14.6. The Morgan fingerprint density at radius 1 is 1.04 bits per heavy atom. The summed E-state index contributed by atoms with van der Waals surface area (Å²) in [7, 11) is 0. The van der Waals surface area contributed by atoms with Crippen LogP contribution in [0.4, 0.5) is 5.82 Å². The Kier molecular flexibility index (Phi) is 10.6. The minimum Gasteiger partial charge on any atom is -0.389 e. The Morgan fingerprint density at radius 2 is 1.74 bits per heavy atom. The molecule has 0 spiro atoms. The van der Waals surface area contributed by atoms with E-state index in [1.54, 1.807) is 18.7 Å². The summed E-state index contributed by atoms with van der Waals surface area (Å²) < 4.78 is 1.97. The minimum atomic E-state index is -1.02. The summed E-state index contributed by atoms with van der Waals surface area (Å²) in [5.74, 6) is 0.742. The molecule has 0 saturated heterocycles. The molecule has 47 heavy (non-hydrogen) atoms. The molecule has 12 nitrogen and oxygen atoms in total. The highest BCUT2D eigenvalue weighted by Gasteiger charge is 2.31. The van der Waals surface area contributed by atoms with Crippen LogP contribution in [0.25, 0.3) is 21.9 Å². The molecule has 12 heteroatoms. The van der Waals surface area contributed by atoms with Crippen molar-refractivity contribution < 1.29 is 24.3 Å². The molecular formula is C35H47N7O5. The average molecular weight is 646 g/mol. The van der Waals surface area contributed by atoms with E-state index in [-0.39, 0.29) is 48.6 Å². The summed E-state index contributed by atoms with van der Waals surface area (Å²) in [6, 6.07) is 7.70. The summed E-state index contributed by atoms with van der Waals surface area (Å²) in [6.07, 6.45) is 8.47. The zero-order chi connectivity index (χ0) is 33.7. The van der Waals surface area contributed by atoms with Gasteiger partial charge in [0.05, 0.1) is 29.7 Å². The standard InChI is InChI=1S/C35H47N7O5/c1-4-40(21-27-39-31-32(42(27)22-35(2,3)47)25-10-7-8-11-26(25)38-33(31)36)28(43)12-6-5-9-19-37-34(46)24-15-13-23(14-16-24)20-41-29(44)17-18-30(41)45/h7-8,10-11,17-18,23-24,47H,4-6,9,12-16,19-22H2,1-3H3,(H2,36,38)(H,37,46). The number of aliphatic hydroxyl groups is 1. The SMILES string of the molecule is CCN(Cc1nc2c(N)nc3ccccc3c2n1CC(C)(C)O)C(=O)CCCCCNC(=O)C1CCC(CN2C(=O)C=CC2=O)CC1. The van der Waals surface area contributed by atoms with Crippen LogP contribution < -0.4 is 11.1 Å². The average Bonchev–Trinajstić information content (AvgIpc) is 3.55. The van der Waals surface area contributed by atoms with Crippen molar-refractivity contribution in [1.29, 1.82) is 0 Å². The highest BCUT2D eigenvalue weighted by Crippen LogP contribution is 2.31. The molecule has 0 bridgehead atoms. The minimum absolute atomic E-state index is 0.0271. The highest BCUT2D eigenvalue weighted by atomic mass is 16.3. The van der Waals surface area contributed by atoms with E-state index in [1.807, 2.05) is 35.8 Å². The van der Waals surface area contributed by atoms with E-state index in [0.29, 0.717) is 49.6 Å². The van der Waals surface area contributed by atoms with Gasteiger partial charge in [-0.1, -0.05) is 24.6 Å². The van der Waals surface area contributed by atoms with Crippen LogP contribution in [0.15, 0.2) is 36.4 Å². The number of hydrogen-bond donors (Lipinski definition) is 3. The Balaban J connectivity index is 1.08. The third kappa shape index (κ3) is 8.16. The summed E-state index contributed by atoms with van der Waals surface area (Å²) >= 11 is 0. The molecule has 1 saturated carbocycles. The molecule has 1 aliphatic carbocycles. The van der Waals surface area contributed by atoms with Crippen molar-refractivity contribution in [2.45, 2.75) is 90.8 Å². The lowest BCUT2D eigenvalue weighted by atomic mass is 9.81. The number of rotatable bonds is 14. The van der Waals surface area contributed by atoms with Crippen molar-refractivity contribution in [3.8, 4) is 0 Å². The number of pyridine rings is 1. The summed E-state index contributed by atoms with van der Waals surface area (Å²) in [5.41, 5.74) is 7.41. The topological polar surface area (TPSA) is 164 Å². The number of carbonyl (C=O) groups excluding carboxylic acids is 4. The van der Waals surface area contributed by atoms with E-state index in [2.05, 4.69) is 10.3 Å². The first kappa shape index (κ1) is 34.0. The molecule has 2 aliphatic rings. The maximum absolute atomic E-state index is 13.3. The number of benzene rings is 1. The number of nitrogens with two attached hydrogens (primary N) is 1. The molecule has 0 unspecified atom stereocenters. The maximum Gasteiger partial charge on any atom is 0.253 e. The second-order valence-electron chi connectivity index (χ2n) is 13.5.